The summed E-state index contributed by atoms with van der Waals surface area (Å²) in [5, 5.41) is 0. The Balaban J connectivity index is 0.00000160. The number of thioether (sulfide) groups is 1. The molecule has 1 saturated heterocycles. The minimum atomic E-state index is 0. The van der Waals surface area contributed by atoms with Gasteiger partial charge in [0, 0.05) is 42.2 Å². The van der Waals surface area contributed by atoms with Crippen molar-refractivity contribution in [2.24, 2.45) is 11.7 Å². The Morgan fingerprint density at radius 3 is 2.77 bits per heavy atom. The van der Waals surface area contributed by atoms with Gasteiger partial charge in [-0.3, -0.25) is 4.79 Å². The second-order valence-electron chi connectivity index (χ2n) is 7.50. The van der Waals surface area contributed by atoms with E-state index < -0.39 is 0 Å². The van der Waals surface area contributed by atoms with Crippen molar-refractivity contribution in [2.45, 2.75) is 36.5 Å². The first-order valence-corrected chi connectivity index (χ1v) is 10.8. The number of halogens is 2. The summed E-state index contributed by atoms with van der Waals surface area (Å²) in [7, 11) is 0. The molecule has 5 nitrogen and oxygen atoms in total. The number of fused-ring (bicyclic) bond motifs is 1. The number of piperidine rings is 1. The van der Waals surface area contributed by atoms with Crippen LogP contribution in [-0.4, -0.2) is 39.3 Å². The molecule has 1 aliphatic heterocycles. The fourth-order valence-electron chi connectivity index (χ4n) is 3.77. The highest BCUT2D eigenvalue weighted by Crippen LogP contribution is 2.29. The third kappa shape index (κ3) is 5.49. The Hall–Kier alpha value is -1.73. The number of nitrogens with zero attached hydrogens (tertiary/aromatic N) is 3. The number of amides is 1. The van der Waals surface area contributed by atoms with Crippen LogP contribution >= 0.6 is 36.6 Å². The number of nitrogens with two attached hydrogens (primary N) is 1. The number of carbonyl (C=O) groups excluding carboxylic acids is 1. The molecule has 0 bridgehead atoms. The van der Waals surface area contributed by atoms with Crippen LogP contribution in [0, 0.1) is 5.92 Å². The number of hydrogen-bond donors (Lipinski definition) is 1. The topological polar surface area (TPSA) is 63.6 Å². The van der Waals surface area contributed by atoms with Crippen molar-refractivity contribution in [1.82, 2.24) is 14.3 Å². The molecule has 2 unspecified atom stereocenters. The molecule has 0 radical (unpaired) electrons. The monoisotopic (exact) mass is 466 g/mol. The zero-order valence-corrected chi connectivity index (χ0v) is 19.4. The summed E-state index contributed by atoms with van der Waals surface area (Å²) in [5.74, 6) is 1.23. The lowest BCUT2D eigenvalue weighted by Gasteiger charge is -2.35. The van der Waals surface area contributed by atoms with Crippen molar-refractivity contribution in [3.63, 3.8) is 0 Å². The van der Waals surface area contributed by atoms with E-state index in [9.17, 15) is 4.79 Å². The van der Waals surface area contributed by atoms with Gasteiger partial charge in [0.05, 0.1) is 11.3 Å². The first-order valence-electron chi connectivity index (χ1n) is 9.81. The van der Waals surface area contributed by atoms with Crippen LogP contribution in [0.1, 0.15) is 35.8 Å². The SMILES string of the molecule is CC(N)C1CCCN(C(=O)c2ccccc2SCc2cn3ccccc3n2)C1.Cl.Cl. The summed E-state index contributed by atoms with van der Waals surface area (Å²) in [6.45, 7) is 3.60. The molecule has 1 amide bonds. The van der Waals surface area contributed by atoms with Crippen molar-refractivity contribution in [2.75, 3.05) is 13.1 Å². The lowest BCUT2D eigenvalue weighted by molar-refractivity contribution is 0.0657. The summed E-state index contributed by atoms with van der Waals surface area (Å²) in [6.07, 6.45) is 6.17. The average Bonchev–Trinajstić information content (AvgIpc) is 3.15. The number of likely N-dealkylation sites (tertiary alicyclic amines) is 1. The summed E-state index contributed by atoms with van der Waals surface area (Å²) >= 11 is 1.67. The molecule has 1 aliphatic rings. The van der Waals surface area contributed by atoms with Crippen LogP contribution < -0.4 is 5.73 Å². The molecule has 3 heterocycles. The fourth-order valence-corrected chi connectivity index (χ4v) is 4.70. The summed E-state index contributed by atoms with van der Waals surface area (Å²) in [5.41, 5.74) is 8.82. The zero-order valence-electron chi connectivity index (χ0n) is 16.9. The minimum absolute atomic E-state index is 0. The van der Waals surface area contributed by atoms with Gasteiger partial charge in [0.25, 0.3) is 5.91 Å². The van der Waals surface area contributed by atoms with Crippen molar-refractivity contribution >= 4 is 48.1 Å². The third-order valence-corrected chi connectivity index (χ3v) is 6.50. The number of pyridine rings is 1. The molecule has 2 aromatic heterocycles. The van der Waals surface area contributed by atoms with E-state index in [1.54, 1.807) is 11.8 Å². The third-order valence-electron chi connectivity index (χ3n) is 5.40. The fraction of sp³-hybridized carbons (Fsp3) is 0.364. The van der Waals surface area contributed by atoms with Crippen LogP contribution in [0.3, 0.4) is 0 Å². The van der Waals surface area contributed by atoms with Gasteiger partial charge in [-0.25, -0.2) is 4.98 Å². The predicted octanol–water partition coefficient (Wildman–Crippen LogP) is 4.67. The van der Waals surface area contributed by atoms with Gasteiger partial charge in [-0.1, -0.05) is 18.2 Å². The molecule has 1 aromatic carbocycles. The Labute approximate surface area is 194 Å². The van der Waals surface area contributed by atoms with Gasteiger partial charge in [-0.05, 0) is 49.9 Å². The van der Waals surface area contributed by atoms with Crippen LogP contribution in [0.25, 0.3) is 5.65 Å². The molecule has 3 aromatic rings. The van der Waals surface area contributed by atoms with Crippen molar-refractivity contribution in [3.05, 3.63) is 66.1 Å². The van der Waals surface area contributed by atoms with Gasteiger partial charge in [0.2, 0.25) is 0 Å². The first kappa shape index (κ1) is 24.5. The van der Waals surface area contributed by atoms with Crippen molar-refractivity contribution in [1.29, 1.82) is 0 Å². The molecular weight excluding hydrogens is 439 g/mol. The van der Waals surface area contributed by atoms with Gasteiger partial charge in [0.15, 0.2) is 0 Å². The van der Waals surface area contributed by atoms with E-state index >= 15 is 0 Å². The van der Waals surface area contributed by atoms with Crippen molar-refractivity contribution < 1.29 is 4.79 Å². The van der Waals surface area contributed by atoms with Crippen LogP contribution in [0.2, 0.25) is 0 Å². The molecule has 0 aliphatic carbocycles. The van der Waals surface area contributed by atoms with Crippen LogP contribution in [-0.2, 0) is 5.75 Å². The lowest BCUT2D eigenvalue weighted by atomic mass is 9.92. The standard InChI is InChI=1S/C22H26N4OS.2ClH/c1-16(23)17-7-6-12-26(13-17)22(27)19-8-2-3-9-20(19)28-15-18-14-25-11-5-4-10-21(25)24-18;;/h2-5,8-11,14,16-17H,6-7,12-13,15,23H2,1H3;2*1H. The van der Waals surface area contributed by atoms with E-state index in [1.807, 2.05) is 71.1 Å². The maximum Gasteiger partial charge on any atom is 0.254 e. The lowest BCUT2D eigenvalue weighted by Crippen LogP contribution is -2.45. The normalized spacial score (nSPS) is 17.1. The number of benzene rings is 1. The van der Waals surface area contributed by atoms with Crippen molar-refractivity contribution in [3.8, 4) is 0 Å². The van der Waals surface area contributed by atoms with Crippen LogP contribution in [0.5, 0.6) is 0 Å². The molecule has 4 rings (SSSR count). The number of aromatic nitrogens is 2. The van der Waals surface area contributed by atoms with Gasteiger partial charge in [0.1, 0.15) is 5.65 Å². The zero-order chi connectivity index (χ0) is 19.5. The van der Waals surface area contributed by atoms with E-state index in [4.69, 9.17) is 5.73 Å². The number of rotatable bonds is 5. The molecule has 0 saturated carbocycles. The van der Waals surface area contributed by atoms with Gasteiger partial charge >= 0.3 is 0 Å². The van der Waals surface area contributed by atoms with E-state index in [-0.39, 0.29) is 36.8 Å². The summed E-state index contributed by atoms with van der Waals surface area (Å²) < 4.78 is 2.02. The van der Waals surface area contributed by atoms with E-state index in [1.165, 1.54) is 0 Å². The number of hydrogen-bond acceptors (Lipinski definition) is 4. The average molecular weight is 467 g/mol. The Kier molecular flexibility index (Phi) is 9.04. The molecule has 30 heavy (non-hydrogen) atoms. The molecular formula is C22H28Cl2N4OS. The van der Waals surface area contributed by atoms with E-state index in [0.29, 0.717) is 5.92 Å². The molecule has 8 heteroatoms. The second-order valence-corrected chi connectivity index (χ2v) is 8.51. The largest absolute Gasteiger partial charge is 0.338 e. The minimum Gasteiger partial charge on any atom is -0.338 e. The second kappa shape index (κ2) is 11.0. The Bertz CT molecular complexity index is 945. The smallest absolute Gasteiger partial charge is 0.254 e. The molecule has 2 atom stereocenters. The maximum absolute atomic E-state index is 13.2. The molecule has 2 N–H and O–H groups in total. The molecule has 0 spiro atoms. The summed E-state index contributed by atoms with van der Waals surface area (Å²) in [4.78, 5) is 20.8. The highest BCUT2D eigenvalue weighted by molar-refractivity contribution is 7.98. The van der Waals surface area contributed by atoms with Gasteiger partial charge in [-0.15, -0.1) is 36.6 Å². The highest BCUT2D eigenvalue weighted by atomic mass is 35.5. The predicted molar refractivity (Wildman–Crippen MR) is 128 cm³/mol. The quantitative estimate of drug-likeness (QED) is 0.554. The molecule has 162 valence electrons. The Morgan fingerprint density at radius 2 is 2.00 bits per heavy atom. The number of imidazole rings is 1. The van der Waals surface area contributed by atoms with E-state index in [2.05, 4.69) is 4.98 Å². The van der Waals surface area contributed by atoms with E-state index in [0.717, 1.165) is 53.5 Å². The maximum atomic E-state index is 13.2. The van der Waals surface area contributed by atoms with Gasteiger partial charge in [-0.2, -0.15) is 0 Å². The Morgan fingerprint density at radius 1 is 1.23 bits per heavy atom. The first-order chi connectivity index (χ1) is 13.6. The number of carbonyl (C=O) groups is 1. The van der Waals surface area contributed by atoms with Crippen LogP contribution in [0.4, 0.5) is 0 Å². The molecule has 1 fully saturated rings. The van der Waals surface area contributed by atoms with Crippen LogP contribution in [0.15, 0.2) is 59.8 Å². The summed E-state index contributed by atoms with van der Waals surface area (Å²) in [6, 6.07) is 14.0. The van der Waals surface area contributed by atoms with Gasteiger partial charge < -0.3 is 15.0 Å². The highest BCUT2D eigenvalue weighted by Gasteiger charge is 2.27.